The Hall–Kier alpha value is -2.22. The summed E-state index contributed by atoms with van der Waals surface area (Å²) in [5.74, 6) is 0.397. The van der Waals surface area contributed by atoms with E-state index in [1.165, 1.54) is 24.3 Å². The number of nitrogens with one attached hydrogen (secondary N) is 1. The summed E-state index contributed by atoms with van der Waals surface area (Å²) in [5, 5.41) is 7.63. The van der Waals surface area contributed by atoms with E-state index in [4.69, 9.17) is 4.74 Å². The second kappa shape index (κ2) is 7.12. The number of rotatable bonds is 5. The van der Waals surface area contributed by atoms with Gasteiger partial charge in [-0.2, -0.15) is 5.10 Å². The molecule has 2 aromatic rings. The Morgan fingerprint density at radius 1 is 1.12 bits per heavy atom. The van der Waals surface area contributed by atoms with E-state index in [2.05, 4.69) is 15.2 Å². The smallest absolute Gasteiger partial charge is 0.486 e. The van der Waals surface area contributed by atoms with Crippen molar-refractivity contribution in [1.82, 2.24) is 15.1 Å². The minimum absolute atomic E-state index is 0.245. The highest BCUT2D eigenvalue weighted by atomic mass is 19.4. The fourth-order valence-electron chi connectivity index (χ4n) is 2.62. The minimum atomic E-state index is -4.68. The molecule has 5 nitrogen and oxygen atoms in total. The van der Waals surface area contributed by atoms with Crippen LogP contribution >= 0.6 is 0 Å². The first-order valence-electron chi connectivity index (χ1n) is 7.72. The molecule has 2 heterocycles. The summed E-state index contributed by atoms with van der Waals surface area (Å²) in [6, 6.07) is 5.99. The molecule has 0 atom stereocenters. The van der Waals surface area contributed by atoms with Crippen LogP contribution in [0.5, 0.6) is 11.5 Å². The SMILES string of the molecule is FC(F)(F)Oc1ccc(COc2cnn(C3CCNCC3)c2)cc1. The summed E-state index contributed by atoms with van der Waals surface area (Å²) in [6.45, 7) is 2.21. The standard InChI is InChI=1S/C16H18F3N3O2/c17-16(18,19)24-14-3-1-12(2-4-14)11-23-15-9-21-22(10-15)13-5-7-20-8-6-13/h1-4,9-10,13,20H,5-8,11H2. The highest BCUT2D eigenvalue weighted by molar-refractivity contribution is 5.27. The molecule has 1 aliphatic rings. The number of aromatic nitrogens is 2. The van der Waals surface area contributed by atoms with E-state index in [0.29, 0.717) is 11.8 Å². The van der Waals surface area contributed by atoms with Gasteiger partial charge in [-0.25, -0.2) is 0 Å². The third-order valence-corrected chi connectivity index (χ3v) is 3.82. The Morgan fingerprint density at radius 2 is 1.83 bits per heavy atom. The van der Waals surface area contributed by atoms with Gasteiger partial charge >= 0.3 is 6.36 Å². The zero-order valence-electron chi connectivity index (χ0n) is 12.9. The molecule has 130 valence electrons. The lowest BCUT2D eigenvalue weighted by Crippen LogP contribution is -2.29. The van der Waals surface area contributed by atoms with Crippen LogP contribution in [0.1, 0.15) is 24.4 Å². The summed E-state index contributed by atoms with van der Waals surface area (Å²) < 4.78 is 47.7. The third kappa shape index (κ3) is 4.64. The quantitative estimate of drug-likeness (QED) is 0.907. The highest BCUT2D eigenvalue weighted by Crippen LogP contribution is 2.24. The molecule has 1 aromatic carbocycles. The van der Waals surface area contributed by atoms with E-state index in [9.17, 15) is 13.2 Å². The number of alkyl halides is 3. The summed E-state index contributed by atoms with van der Waals surface area (Å²) in [4.78, 5) is 0. The van der Waals surface area contributed by atoms with Crippen molar-refractivity contribution >= 4 is 0 Å². The summed E-state index contributed by atoms with van der Waals surface area (Å²) in [6.07, 6.45) is 0.894. The van der Waals surface area contributed by atoms with E-state index in [0.717, 1.165) is 31.5 Å². The zero-order valence-corrected chi connectivity index (χ0v) is 12.9. The van der Waals surface area contributed by atoms with Gasteiger partial charge < -0.3 is 14.8 Å². The molecule has 1 fully saturated rings. The molecule has 1 aromatic heterocycles. The monoisotopic (exact) mass is 341 g/mol. The zero-order chi connectivity index (χ0) is 17.0. The number of piperidine rings is 1. The minimum Gasteiger partial charge on any atom is -0.486 e. The van der Waals surface area contributed by atoms with Crippen molar-refractivity contribution in [3.05, 3.63) is 42.2 Å². The second-order valence-electron chi connectivity index (χ2n) is 5.62. The molecule has 0 saturated carbocycles. The van der Waals surface area contributed by atoms with Gasteiger partial charge in [-0.1, -0.05) is 12.1 Å². The van der Waals surface area contributed by atoms with E-state index in [1.807, 2.05) is 10.9 Å². The van der Waals surface area contributed by atoms with Crippen LogP contribution in [0.3, 0.4) is 0 Å². The van der Waals surface area contributed by atoms with Crippen molar-refractivity contribution in [3.8, 4) is 11.5 Å². The van der Waals surface area contributed by atoms with Gasteiger partial charge in [0.2, 0.25) is 0 Å². The van der Waals surface area contributed by atoms with E-state index < -0.39 is 6.36 Å². The molecule has 1 aliphatic heterocycles. The van der Waals surface area contributed by atoms with Gasteiger partial charge in [0.25, 0.3) is 0 Å². The average Bonchev–Trinajstić information content (AvgIpc) is 3.03. The Morgan fingerprint density at radius 3 is 2.50 bits per heavy atom. The molecule has 1 N–H and O–H groups in total. The first-order valence-corrected chi connectivity index (χ1v) is 7.72. The Bertz CT molecular complexity index is 649. The number of nitrogens with zero attached hydrogens (tertiary/aromatic N) is 2. The van der Waals surface area contributed by atoms with Crippen molar-refractivity contribution in [2.75, 3.05) is 13.1 Å². The molecular formula is C16H18F3N3O2. The van der Waals surface area contributed by atoms with Crippen molar-refractivity contribution in [3.63, 3.8) is 0 Å². The van der Waals surface area contributed by atoms with Crippen molar-refractivity contribution in [2.24, 2.45) is 0 Å². The van der Waals surface area contributed by atoms with Crippen molar-refractivity contribution in [2.45, 2.75) is 31.9 Å². The molecule has 0 amide bonds. The number of halogens is 3. The third-order valence-electron chi connectivity index (χ3n) is 3.82. The van der Waals surface area contributed by atoms with Crippen LogP contribution in [0.4, 0.5) is 13.2 Å². The van der Waals surface area contributed by atoms with E-state index in [-0.39, 0.29) is 12.4 Å². The average molecular weight is 341 g/mol. The van der Waals surface area contributed by atoms with Crippen molar-refractivity contribution < 1.29 is 22.6 Å². The van der Waals surface area contributed by atoms with Gasteiger partial charge in [0.05, 0.1) is 18.4 Å². The molecule has 0 unspecified atom stereocenters. The lowest BCUT2D eigenvalue weighted by molar-refractivity contribution is -0.274. The van der Waals surface area contributed by atoms with E-state index >= 15 is 0 Å². The maximum atomic E-state index is 12.1. The number of ether oxygens (including phenoxy) is 2. The van der Waals surface area contributed by atoms with Crippen LogP contribution in [0, 0.1) is 0 Å². The molecule has 8 heteroatoms. The maximum Gasteiger partial charge on any atom is 0.573 e. The number of hydrogen-bond acceptors (Lipinski definition) is 4. The maximum absolute atomic E-state index is 12.1. The van der Waals surface area contributed by atoms with Crippen LogP contribution in [0.2, 0.25) is 0 Å². The summed E-state index contributed by atoms with van der Waals surface area (Å²) in [7, 11) is 0. The van der Waals surface area contributed by atoms with Gasteiger partial charge in [-0.05, 0) is 43.6 Å². The van der Waals surface area contributed by atoms with Crippen LogP contribution < -0.4 is 14.8 Å². The first-order chi connectivity index (χ1) is 11.5. The second-order valence-corrected chi connectivity index (χ2v) is 5.62. The van der Waals surface area contributed by atoms with Crippen LogP contribution in [-0.2, 0) is 6.61 Å². The molecule has 1 saturated heterocycles. The van der Waals surface area contributed by atoms with Gasteiger partial charge in [0.15, 0.2) is 5.75 Å². The number of hydrogen-bond donors (Lipinski definition) is 1. The van der Waals surface area contributed by atoms with Gasteiger partial charge in [0.1, 0.15) is 12.4 Å². The van der Waals surface area contributed by atoms with Gasteiger partial charge in [-0.15, -0.1) is 13.2 Å². The number of benzene rings is 1. The summed E-state index contributed by atoms with van der Waals surface area (Å²) >= 11 is 0. The fourth-order valence-corrected chi connectivity index (χ4v) is 2.62. The van der Waals surface area contributed by atoms with Gasteiger partial charge in [-0.3, -0.25) is 4.68 Å². The largest absolute Gasteiger partial charge is 0.573 e. The Labute approximate surface area is 137 Å². The van der Waals surface area contributed by atoms with Crippen LogP contribution in [0.15, 0.2) is 36.7 Å². The molecular weight excluding hydrogens is 323 g/mol. The molecule has 24 heavy (non-hydrogen) atoms. The van der Waals surface area contributed by atoms with Crippen LogP contribution in [0.25, 0.3) is 0 Å². The predicted octanol–water partition coefficient (Wildman–Crippen LogP) is 3.29. The normalized spacial score (nSPS) is 16.1. The molecule has 0 aliphatic carbocycles. The Kier molecular flexibility index (Phi) is 4.94. The van der Waals surface area contributed by atoms with Gasteiger partial charge in [0, 0.05) is 0 Å². The van der Waals surface area contributed by atoms with E-state index in [1.54, 1.807) is 6.20 Å². The molecule has 0 spiro atoms. The van der Waals surface area contributed by atoms with Crippen LogP contribution in [-0.4, -0.2) is 29.2 Å². The fraction of sp³-hybridized carbons (Fsp3) is 0.438. The Balaban J connectivity index is 1.53. The molecule has 0 radical (unpaired) electrons. The lowest BCUT2D eigenvalue weighted by Gasteiger charge is -2.22. The first kappa shape index (κ1) is 16.6. The molecule has 0 bridgehead atoms. The van der Waals surface area contributed by atoms with Crippen molar-refractivity contribution in [1.29, 1.82) is 0 Å². The topological polar surface area (TPSA) is 48.3 Å². The molecule has 3 rings (SSSR count). The highest BCUT2D eigenvalue weighted by Gasteiger charge is 2.30. The summed E-state index contributed by atoms with van der Waals surface area (Å²) in [5.41, 5.74) is 0.749. The lowest BCUT2D eigenvalue weighted by atomic mass is 10.1. The predicted molar refractivity (Wildman–Crippen MR) is 80.8 cm³/mol.